The van der Waals surface area contributed by atoms with Crippen molar-refractivity contribution in [3.8, 4) is 0 Å². The van der Waals surface area contributed by atoms with Gasteiger partial charge in [0.15, 0.2) is 8.03 Å². The summed E-state index contributed by atoms with van der Waals surface area (Å²) in [7, 11) is -2.51. The van der Waals surface area contributed by atoms with Crippen molar-refractivity contribution in [2.24, 2.45) is 0 Å². The molecule has 0 saturated carbocycles. The van der Waals surface area contributed by atoms with Gasteiger partial charge >= 0.3 is 0 Å². The van der Waals surface area contributed by atoms with Crippen LogP contribution in [0, 0.1) is 0 Å². The van der Waals surface area contributed by atoms with Crippen LogP contribution in [0.2, 0.25) is 10.0 Å². The van der Waals surface area contributed by atoms with E-state index in [0.29, 0.717) is 16.5 Å². The summed E-state index contributed by atoms with van der Waals surface area (Å²) in [5, 5.41) is 2.04. The highest BCUT2D eigenvalue weighted by molar-refractivity contribution is 7.37. The normalized spacial score (nSPS) is 12.2. The van der Waals surface area contributed by atoms with E-state index in [4.69, 9.17) is 32.9 Å². The van der Waals surface area contributed by atoms with Crippen LogP contribution in [0.3, 0.4) is 0 Å². The summed E-state index contributed by atoms with van der Waals surface area (Å²) >= 11 is 11.7. The lowest BCUT2D eigenvalue weighted by Crippen LogP contribution is -2.30. The number of nitrogens with zero attached hydrogens (tertiary/aromatic N) is 1. The highest BCUT2D eigenvalue weighted by Gasteiger charge is 2.10. The first-order chi connectivity index (χ1) is 9.40. The Balaban J connectivity index is 2.51. The molecule has 0 aliphatic rings. The van der Waals surface area contributed by atoms with Crippen LogP contribution in [0.5, 0.6) is 0 Å². The molecule has 1 aromatic carbocycles. The highest BCUT2D eigenvalue weighted by atomic mass is 35.5. The molecule has 1 rings (SSSR count). The molecule has 0 aliphatic heterocycles. The molecule has 1 amide bonds. The Hall–Kier alpha value is -0.580. The zero-order valence-corrected chi connectivity index (χ0v) is 13.4. The predicted octanol–water partition coefficient (Wildman–Crippen LogP) is 3.13. The Morgan fingerprint density at radius 3 is 2.65 bits per heavy atom. The molecule has 0 heterocycles. The first kappa shape index (κ1) is 17.5. The van der Waals surface area contributed by atoms with Crippen LogP contribution < -0.4 is 0 Å². The number of hydroxylamine groups is 2. The fourth-order valence-corrected chi connectivity index (χ4v) is 2.25. The van der Waals surface area contributed by atoms with E-state index in [2.05, 4.69) is 0 Å². The van der Waals surface area contributed by atoms with E-state index >= 15 is 0 Å². The van der Waals surface area contributed by atoms with Gasteiger partial charge in [-0.2, -0.15) is 0 Å². The van der Waals surface area contributed by atoms with Crippen LogP contribution in [-0.4, -0.2) is 28.6 Å². The quantitative estimate of drug-likeness (QED) is 0.612. The SMILES string of the molecule is CC(=O)N(CCC[PH](=O)O)OCc1ccc(Cl)c(Cl)c1. The summed E-state index contributed by atoms with van der Waals surface area (Å²) < 4.78 is 10.6. The van der Waals surface area contributed by atoms with Gasteiger partial charge in [0.1, 0.15) is 6.61 Å². The molecule has 8 heteroatoms. The first-order valence-electron chi connectivity index (χ1n) is 5.97. The molecular weight excluding hydrogens is 324 g/mol. The molecule has 0 spiro atoms. The molecule has 0 saturated heterocycles. The van der Waals surface area contributed by atoms with Gasteiger partial charge in [-0.05, 0) is 24.1 Å². The molecule has 1 unspecified atom stereocenters. The first-order valence-corrected chi connectivity index (χ1v) is 8.28. The van der Waals surface area contributed by atoms with Crippen LogP contribution in [0.4, 0.5) is 0 Å². The second-order valence-corrected chi connectivity index (χ2v) is 6.24. The van der Waals surface area contributed by atoms with Crippen LogP contribution >= 0.6 is 31.2 Å². The molecule has 5 nitrogen and oxygen atoms in total. The molecule has 20 heavy (non-hydrogen) atoms. The molecule has 0 aliphatic carbocycles. The van der Waals surface area contributed by atoms with Crippen molar-refractivity contribution in [3.63, 3.8) is 0 Å². The number of benzene rings is 1. The fraction of sp³-hybridized carbons (Fsp3) is 0.417. The lowest BCUT2D eigenvalue weighted by atomic mass is 10.2. The maximum absolute atomic E-state index is 11.4. The summed E-state index contributed by atoms with van der Waals surface area (Å²) in [4.78, 5) is 25.5. The van der Waals surface area contributed by atoms with Gasteiger partial charge in [0, 0.05) is 19.6 Å². The van der Waals surface area contributed by atoms with E-state index < -0.39 is 8.03 Å². The summed E-state index contributed by atoms with van der Waals surface area (Å²) in [6.45, 7) is 1.81. The van der Waals surface area contributed by atoms with Gasteiger partial charge in [-0.15, -0.1) is 0 Å². The van der Waals surface area contributed by atoms with E-state index in [1.165, 1.54) is 12.0 Å². The maximum Gasteiger partial charge on any atom is 0.243 e. The molecule has 0 bridgehead atoms. The average Bonchev–Trinajstić information content (AvgIpc) is 2.36. The van der Waals surface area contributed by atoms with Crippen molar-refractivity contribution in [2.75, 3.05) is 12.7 Å². The van der Waals surface area contributed by atoms with Crippen molar-refractivity contribution in [2.45, 2.75) is 20.0 Å². The van der Waals surface area contributed by atoms with Crippen molar-refractivity contribution >= 4 is 37.1 Å². The van der Waals surface area contributed by atoms with E-state index in [1.54, 1.807) is 18.2 Å². The number of hydrogen-bond acceptors (Lipinski definition) is 3. The van der Waals surface area contributed by atoms with Gasteiger partial charge in [-0.25, -0.2) is 5.06 Å². The molecule has 0 fully saturated rings. The largest absolute Gasteiger partial charge is 0.346 e. The summed E-state index contributed by atoms with van der Waals surface area (Å²) in [5.74, 6) is -0.261. The lowest BCUT2D eigenvalue weighted by molar-refractivity contribution is -0.189. The van der Waals surface area contributed by atoms with E-state index in [0.717, 1.165) is 5.56 Å². The molecule has 1 atom stereocenters. The third-order valence-corrected chi connectivity index (χ3v) is 3.99. The zero-order valence-electron chi connectivity index (χ0n) is 10.9. The van der Waals surface area contributed by atoms with Crippen LogP contribution in [-0.2, 0) is 20.8 Å². The smallest absolute Gasteiger partial charge is 0.243 e. The van der Waals surface area contributed by atoms with Gasteiger partial charge in [0.05, 0.1) is 10.0 Å². The van der Waals surface area contributed by atoms with E-state index in [1.807, 2.05) is 0 Å². The van der Waals surface area contributed by atoms with Crippen LogP contribution in [0.1, 0.15) is 18.9 Å². The Morgan fingerprint density at radius 1 is 1.40 bits per heavy atom. The van der Waals surface area contributed by atoms with Crippen molar-refractivity contribution < 1.29 is 19.1 Å². The number of rotatable bonds is 7. The summed E-state index contributed by atoms with van der Waals surface area (Å²) in [6.07, 6.45) is 0.583. The van der Waals surface area contributed by atoms with Gasteiger partial charge < -0.3 is 4.89 Å². The predicted molar refractivity (Wildman–Crippen MR) is 79.3 cm³/mol. The van der Waals surface area contributed by atoms with E-state index in [9.17, 15) is 9.36 Å². The minimum atomic E-state index is -2.51. The Kier molecular flexibility index (Phi) is 7.56. The van der Waals surface area contributed by atoms with Crippen molar-refractivity contribution in [1.29, 1.82) is 0 Å². The third kappa shape index (κ3) is 6.25. The molecule has 112 valence electrons. The summed E-state index contributed by atoms with van der Waals surface area (Å²) in [5.41, 5.74) is 0.779. The molecular formula is C12H16Cl2NO4P. The minimum Gasteiger partial charge on any atom is -0.346 e. The summed E-state index contributed by atoms with van der Waals surface area (Å²) in [6, 6.07) is 5.06. The standard InChI is InChI=1S/C12H16Cl2NO4P/c1-9(16)15(5-2-6-20(17)18)19-8-10-3-4-11(13)12(14)7-10/h3-4,7,20H,2,5-6,8H2,1H3,(H,17,18). The Bertz CT molecular complexity index is 498. The van der Waals surface area contributed by atoms with Gasteiger partial charge in [0.25, 0.3) is 0 Å². The van der Waals surface area contributed by atoms with Gasteiger partial charge in [-0.1, -0.05) is 29.3 Å². The van der Waals surface area contributed by atoms with Gasteiger partial charge in [0.2, 0.25) is 5.91 Å². The third-order valence-electron chi connectivity index (χ3n) is 2.47. The topological polar surface area (TPSA) is 66.8 Å². The fourth-order valence-electron chi connectivity index (χ4n) is 1.47. The monoisotopic (exact) mass is 339 g/mol. The van der Waals surface area contributed by atoms with Crippen molar-refractivity contribution in [3.05, 3.63) is 33.8 Å². The highest BCUT2D eigenvalue weighted by Crippen LogP contribution is 2.23. The number of amides is 1. The Labute approximate surface area is 128 Å². The number of halogens is 2. The number of hydrogen-bond donors (Lipinski definition) is 1. The number of carbonyl (C=O) groups is 1. The average molecular weight is 340 g/mol. The Morgan fingerprint density at radius 2 is 2.10 bits per heavy atom. The molecule has 0 aromatic heterocycles. The second-order valence-electron chi connectivity index (χ2n) is 4.14. The molecule has 1 N–H and O–H groups in total. The second kappa shape index (κ2) is 8.65. The number of carbonyl (C=O) groups excluding carboxylic acids is 1. The molecule has 1 aromatic rings. The van der Waals surface area contributed by atoms with Gasteiger partial charge in [-0.3, -0.25) is 14.2 Å². The van der Waals surface area contributed by atoms with Crippen LogP contribution in [0.15, 0.2) is 18.2 Å². The minimum absolute atomic E-state index is 0.171. The van der Waals surface area contributed by atoms with Crippen molar-refractivity contribution in [1.82, 2.24) is 5.06 Å². The van der Waals surface area contributed by atoms with Crippen LogP contribution in [0.25, 0.3) is 0 Å². The maximum atomic E-state index is 11.4. The zero-order chi connectivity index (χ0) is 15.1. The molecule has 0 radical (unpaired) electrons. The lowest BCUT2D eigenvalue weighted by Gasteiger charge is -2.20. The van der Waals surface area contributed by atoms with E-state index in [-0.39, 0.29) is 25.2 Å².